The molecule has 17 heavy (non-hydrogen) atoms. The molecule has 0 aliphatic carbocycles. The molecule has 2 unspecified atom stereocenters. The lowest BCUT2D eigenvalue weighted by molar-refractivity contribution is 0.158. The van der Waals surface area contributed by atoms with Gasteiger partial charge in [0, 0.05) is 34.3 Å². The average molecular weight is 254 g/mol. The molecule has 0 saturated carbocycles. The van der Waals surface area contributed by atoms with Crippen molar-refractivity contribution in [2.75, 3.05) is 19.8 Å². The van der Waals surface area contributed by atoms with E-state index in [9.17, 15) is 0 Å². The summed E-state index contributed by atoms with van der Waals surface area (Å²) >= 11 is 1.89. The van der Waals surface area contributed by atoms with Gasteiger partial charge in [-0.15, -0.1) is 11.3 Å². The maximum absolute atomic E-state index is 6.06. The summed E-state index contributed by atoms with van der Waals surface area (Å²) in [6.07, 6.45) is 1.13. The fourth-order valence-electron chi connectivity index (χ4n) is 2.09. The van der Waals surface area contributed by atoms with Crippen molar-refractivity contribution < 1.29 is 4.74 Å². The Bertz CT molecular complexity index is 366. The van der Waals surface area contributed by atoms with Gasteiger partial charge in [-0.05, 0) is 18.6 Å². The number of ether oxygens (including phenoxy) is 1. The molecule has 1 aliphatic heterocycles. The van der Waals surface area contributed by atoms with Gasteiger partial charge in [-0.25, -0.2) is 0 Å². The monoisotopic (exact) mass is 254 g/mol. The van der Waals surface area contributed by atoms with Gasteiger partial charge in [-0.1, -0.05) is 13.8 Å². The summed E-state index contributed by atoms with van der Waals surface area (Å²) < 4.78 is 5.43. The number of nitrogens with one attached hydrogen (secondary N) is 1. The Balaban J connectivity index is 1.79. The molecule has 1 fully saturated rings. The van der Waals surface area contributed by atoms with E-state index < -0.39 is 0 Å². The van der Waals surface area contributed by atoms with Crippen molar-refractivity contribution in [1.29, 1.82) is 0 Å². The average Bonchev–Trinajstić information content (AvgIpc) is 2.88. The molecule has 1 aliphatic rings. The van der Waals surface area contributed by atoms with Crippen molar-refractivity contribution in [2.24, 2.45) is 11.1 Å². The molecule has 3 nitrogen and oxygen atoms in total. The summed E-state index contributed by atoms with van der Waals surface area (Å²) in [6.45, 7) is 7.71. The second-order valence-electron chi connectivity index (χ2n) is 5.10. The molecule has 4 heteroatoms. The fraction of sp³-hybridized carbons (Fsp3) is 0.692. The lowest BCUT2D eigenvalue weighted by atomic mass is 9.86. The van der Waals surface area contributed by atoms with Crippen molar-refractivity contribution in [3.05, 3.63) is 21.9 Å². The molecule has 0 aromatic carbocycles. The highest BCUT2D eigenvalue weighted by molar-refractivity contribution is 7.11. The van der Waals surface area contributed by atoms with Crippen molar-refractivity contribution in [1.82, 2.24) is 5.32 Å². The molecule has 1 aromatic heterocycles. The third-order valence-corrected chi connectivity index (χ3v) is 4.75. The Morgan fingerprint density at radius 2 is 2.29 bits per heavy atom. The van der Waals surface area contributed by atoms with Gasteiger partial charge < -0.3 is 15.8 Å². The molecule has 0 radical (unpaired) electrons. The first-order chi connectivity index (χ1) is 8.14. The number of nitrogens with two attached hydrogens (primary N) is 1. The standard InChI is InChI=1S/C13H22N2OS/c1-3-10-4-5-11(17-10)6-15-8-13(2)9-16-7-12(13)14/h4-5,12,15H,3,6-9,14H2,1-2H3. The first-order valence-electron chi connectivity index (χ1n) is 6.25. The van der Waals surface area contributed by atoms with Crippen LogP contribution in [-0.4, -0.2) is 25.8 Å². The summed E-state index contributed by atoms with van der Waals surface area (Å²) in [5.74, 6) is 0. The lowest BCUT2D eigenvalue weighted by Crippen LogP contribution is -2.45. The van der Waals surface area contributed by atoms with E-state index >= 15 is 0 Å². The van der Waals surface area contributed by atoms with Crippen molar-refractivity contribution >= 4 is 11.3 Å². The van der Waals surface area contributed by atoms with Crippen LogP contribution >= 0.6 is 11.3 Å². The molecule has 0 amide bonds. The Morgan fingerprint density at radius 1 is 1.53 bits per heavy atom. The number of hydrogen-bond donors (Lipinski definition) is 2. The smallest absolute Gasteiger partial charge is 0.0624 e. The van der Waals surface area contributed by atoms with Gasteiger partial charge >= 0.3 is 0 Å². The van der Waals surface area contributed by atoms with Gasteiger partial charge in [0.05, 0.1) is 13.2 Å². The van der Waals surface area contributed by atoms with Crippen LogP contribution in [-0.2, 0) is 17.7 Å². The van der Waals surface area contributed by atoms with Crippen LogP contribution in [0.1, 0.15) is 23.6 Å². The molecule has 2 rings (SSSR count). The zero-order chi connectivity index (χ0) is 12.3. The van der Waals surface area contributed by atoms with Gasteiger partial charge in [0.25, 0.3) is 0 Å². The summed E-state index contributed by atoms with van der Waals surface area (Å²) in [6, 6.07) is 4.59. The Hall–Kier alpha value is -0.420. The van der Waals surface area contributed by atoms with E-state index in [2.05, 4.69) is 31.3 Å². The predicted octanol–water partition coefficient (Wildman–Crippen LogP) is 1.76. The number of hydrogen-bond acceptors (Lipinski definition) is 4. The molecule has 96 valence electrons. The van der Waals surface area contributed by atoms with Gasteiger partial charge in [-0.3, -0.25) is 0 Å². The zero-order valence-electron chi connectivity index (χ0n) is 10.7. The second-order valence-corrected chi connectivity index (χ2v) is 6.35. The SMILES string of the molecule is CCc1ccc(CNCC2(C)COCC2N)s1. The molecular weight excluding hydrogens is 232 g/mol. The summed E-state index contributed by atoms with van der Waals surface area (Å²) in [5, 5.41) is 3.50. The summed E-state index contributed by atoms with van der Waals surface area (Å²) in [7, 11) is 0. The van der Waals surface area contributed by atoms with Crippen LogP contribution in [0.4, 0.5) is 0 Å². The molecule has 1 saturated heterocycles. The highest BCUT2D eigenvalue weighted by atomic mass is 32.1. The highest BCUT2D eigenvalue weighted by Gasteiger charge is 2.37. The molecule has 0 bridgehead atoms. The van der Waals surface area contributed by atoms with Crippen LogP contribution in [0.2, 0.25) is 0 Å². The van der Waals surface area contributed by atoms with Crippen LogP contribution in [0.5, 0.6) is 0 Å². The molecule has 0 spiro atoms. The van der Waals surface area contributed by atoms with Crippen LogP contribution in [0.25, 0.3) is 0 Å². The topological polar surface area (TPSA) is 47.3 Å². The van der Waals surface area contributed by atoms with Gasteiger partial charge in [-0.2, -0.15) is 0 Å². The van der Waals surface area contributed by atoms with Gasteiger partial charge in [0.1, 0.15) is 0 Å². The molecule has 1 aromatic rings. The summed E-state index contributed by atoms with van der Waals surface area (Å²) in [5.41, 5.74) is 6.14. The number of aryl methyl sites for hydroxylation is 1. The van der Waals surface area contributed by atoms with Crippen molar-refractivity contribution in [2.45, 2.75) is 32.9 Å². The third-order valence-electron chi connectivity index (χ3n) is 3.52. The summed E-state index contributed by atoms with van der Waals surface area (Å²) in [4.78, 5) is 2.85. The minimum absolute atomic E-state index is 0.0881. The second kappa shape index (κ2) is 5.48. The van der Waals surface area contributed by atoms with E-state index in [0.717, 1.165) is 26.1 Å². The van der Waals surface area contributed by atoms with E-state index in [4.69, 9.17) is 10.5 Å². The van der Waals surface area contributed by atoms with Crippen LogP contribution in [0.3, 0.4) is 0 Å². The first kappa shape index (κ1) is 13.0. The third kappa shape index (κ3) is 3.07. The van der Waals surface area contributed by atoms with E-state index in [0.29, 0.717) is 6.61 Å². The molecule has 2 atom stereocenters. The minimum Gasteiger partial charge on any atom is -0.379 e. The van der Waals surface area contributed by atoms with E-state index in [1.807, 2.05) is 11.3 Å². The first-order valence-corrected chi connectivity index (χ1v) is 7.07. The molecule has 3 N–H and O–H groups in total. The highest BCUT2D eigenvalue weighted by Crippen LogP contribution is 2.26. The van der Waals surface area contributed by atoms with Crippen molar-refractivity contribution in [3.63, 3.8) is 0 Å². The number of thiophene rings is 1. The Morgan fingerprint density at radius 3 is 2.88 bits per heavy atom. The molecular formula is C13H22N2OS. The maximum atomic E-state index is 6.06. The van der Waals surface area contributed by atoms with Crippen LogP contribution in [0, 0.1) is 5.41 Å². The number of rotatable bonds is 5. The largest absolute Gasteiger partial charge is 0.379 e. The van der Waals surface area contributed by atoms with Gasteiger partial charge in [0.2, 0.25) is 0 Å². The quantitative estimate of drug-likeness (QED) is 0.842. The van der Waals surface area contributed by atoms with Crippen LogP contribution < -0.4 is 11.1 Å². The minimum atomic E-state index is 0.0881. The van der Waals surface area contributed by atoms with E-state index in [1.165, 1.54) is 9.75 Å². The van der Waals surface area contributed by atoms with Gasteiger partial charge in [0.15, 0.2) is 0 Å². The van der Waals surface area contributed by atoms with E-state index in [-0.39, 0.29) is 11.5 Å². The zero-order valence-corrected chi connectivity index (χ0v) is 11.5. The Labute approximate surface area is 107 Å². The Kier molecular flexibility index (Phi) is 4.20. The predicted molar refractivity (Wildman–Crippen MR) is 72.3 cm³/mol. The maximum Gasteiger partial charge on any atom is 0.0624 e. The van der Waals surface area contributed by atoms with Crippen LogP contribution in [0.15, 0.2) is 12.1 Å². The van der Waals surface area contributed by atoms with Crippen molar-refractivity contribution in [3.8, 4) is 0 Å². The normalized spacial score (nSPS) is 28.8. The lowest BCUT2D eigenvalue weighted by Gasteiger charge is -2.26. The fourth-order valence-corrected chi connectivity index (χ4v) is 3.02. The molecule has 2 heterocycles. The van der Waals surface area contributed by atoms with E-state index in [1.54, 1.807) is 0 Å².